The second-order valence-corrected chi connectivity index (χ2v) is 3.85. The number of benzene rings is 1. The van der Waals surface area contributed by atoms with Gasteiger partial charge in [-0.05, 0) is 30.7 Å². The summed E-state index contributed by atoms with van der Waals surface area (Å²) in [6, 6.07) is 5.41. The molecule has 1 aromatic rings. The summed E-state index contributed by atoms with van der Waals surface area (Å²) in [6.07, 6.45) is 5.23. The molecule has 1 aromatic carbocycles. The zero-order chi connectivity index (χ0) is 10.6. The van der Waals surface area contributed by atoms with Crippen LogP contribution in [-0.4, -0.2) is 6.04 Å². The molecular weight excluding hydrogens is 217 g/mol. The Labute approximate surface area is 94.4 Å². The molecule has 14 heavy (non-hydrogen) atoms. The van der Waals surface area contributed by atoms with Crippen molar-refractivity contribution in [2.24, 2.45) is 0 Å². The molecule has 0 aliphatic rings. The Hall–Kier alpha value is -0.680. The van der Waals surface area contributed by atoms with Gasteiger partial charge in [-0.2, -0.15) is 0 Å². The summed E-state index contributed by atoms with van der Waals surface area (Å²) in [5.74, 6) is 2.58. The summed E-state index contributed by atoms with van der Waals surface area (Å²) >= 11 is 11.8. The van der Waals surface area contributed by atoms with Crippen LogP contribution in [0.5, 0.6) is 0 Å². The summed E-state index contributed by atoms with van der Waals surface area (Å²) in [5, 5.41) is 4.52. The summed E-state index contributed by atoms with van der Waals surface area (Å²) in [6.45, 7) is 2.54. The van der Waals surface area contributed by atoms with Gasteiger partial charge in [-0.3, -0.25) is 5.32 Å². The van der Waals surface area contributed by atoms with Crippen LogP contribution in [0.1, 0.15) is 12.5 Å². The molecular formula is C11H11Cl2N. The molecule has 0 aromatic heterocycles. The minimum absolute atomic E-state index is 0.0325. The van der Waals surface area contributed by atoms with Crippen molar-refractivity contribution in [3.05, 3.63) is 33.8 Å². The fourth-order valence-corrected chi connectivity index (χ4v) is 1.38. The first-order valence-electron chi connectivity index (χ1n) is 4.27. The van der Waals surface area contributed by atoms with E-state index in [4.69, 9.17) is 29.6 Å². The van der Waals surface area contributed by atoms with Gasteiger partial charge in [0, 0.05) is 16.6 Å². The predicted octanol–water partition coefficient (Wildman–Crippen LogP) is 3.10. The maximum Gasteiger partial charge on any atom is 0.0660 e. The van der Waals surface area contributed by atoms with Gasteiger partial charge < -0.3 is 0 Å². The summed E-state index contributed by atoms with van der Waals surface area (Å²) in [7, 11) is 0. The van der Waals surface area contributed by atoms with E-state index in [0.717, 1.165) is 5.56 Å². The third-order valence-electron chi connectivity index (χ3n) is 1.86. The van der Waals surface area contributed by atoms with Crippen LogP contribution in [0.2, 0.25) is 10.0 Å². The fraction of sp³-hybridized carbons (Fsp3) is 0.273. The second-order valence-electron chi connectivity index (χ2n) is 3.00. The summed E-state index contributed by atoms with van der Waals surface area (Å²) < 4.78 is 0. The van der Waals surface area contributed by atoms with E-state index in [1.54, 1.807) is 12.1 Å². The van der Waals surface area contributed by atoms with Gasteiger partial charge in [-0.1, -0.05) is 29.1 Å². The second kappa shape index (κ2) is 5.26. The molecule has 0 aliphatic heterocycles. The Morgan fingerprint density at radius 3 is 2.86 bits per heavy atom. The van der Waals surface area contributed by atoms with Gasteiger partial charge in [0.05, 0.1) is 6.04 Å². The van der Waals surface area contributed by atoms with E-state index >= 15 is 0 Å². The lowest BCUT2D eigenvalue weighted by atomic mass is 10.2. The van der Waals surface area contributed by atoms with Gasteiger partial charge >= 0.3 is 0 Å². The molecule has 0 fully saturated rings. The van der Waals surface area contributed by atoms with Crippen LogP contribution in [0.15, 0.2) is 18.2 Å². The Balaban J connectivity index is 2.67. The van der Waals surface area contributed by atoms with Gasteiger partial charge in [0.25, 0.3) is 0 Å². The quantitative estimate of drug-likeness (QED) is 0.784. The van der Waals surface area contributed by atoms with Crippen LogP contribution in [0.3, 0.4) is 0 Å². The summed E-state index contributed by atoms with van der Waals surface area (Å²) in [4.78, 5) is 0. The minimum Gasteiger partial charge on any atom is -0.300 e. The first-order chi connectivity index (χ1) is 6.63. The van der Waals surface area contributed by atoms with Gasteiger partial charge in [0.2, 0.25) is 0 Å². The van der Waals surface area contributed by atoms with E-state index < -0.39 is 0 Å². The largest absolute Gasteiger partial charge is 0.300 e. The van der Waals surface area contributed by atoms with Crippen molar-refractivity contribution >= 4 is 23.2 Å². The lowest BCUT2D eigenvalue weighted by Crippen LogP contribution is -2.23. The lowest BCUT2D eigenvalue weighted by Gasteiger charge is -2.09. The van der Waals surface area contributed by atoms with E-state index in [1.165, 1.54) is 0 Å². The number of halogens is 2. The highest BCUT2D eigenvalue weighted by molar-refractivity contribution is 6.33. The maximum absolute atomic E-state index is 5.97. The molecule has 1 rings (SSSR count). The van der Waals surface area contributed by atoms with Crippen molar-refractivity contribution < 1.29 is 0 Å². The first kappa shape index (κ1) is 11.4. The molecule has 0 radical (unpaired) electrons. The molecule has 3 heteroatoms. The van der Waals surface area contributed by atoms with E-state index in [9.17, 15) is 0 Å². The molecule has 0 heterocycles. The van der Waals surface area contributed by atoms with E-state index in [1.807, 2.05) is 13.0 Å². The molecule has 1 unspecified atom stereocenters. The Morgan fingerprint density at radius 1 is 1.50 bits per heavy atom. The van der Waals surface area contributed by atoms with Gasteiger partial charge in [-0.15, -0.1) is 6.42 Å². The molecule has 0 aliphatic carbocycles. The van der Waals surface area contributed by atoms with Crippen molar-refractivity contribution in [3.63, 3.8) is 0 Å². The van der Waals surface area contributed by atoms with Crippen LogP contribution in [0.25, 0.3) is 0 Å². The SMILES string of the molecule is C#CC(C)NCc1cc(Cl)ccc1Cl. The smallest absolute Gasteiger partial charge is 0.0660 e. The normalized spacial score (nSPS) is 12.1. The van der Waals surface area contributed by atoms with Crippen molar-refractivity contribution in [1.29, 1.82) is 0 Å². The molecule has 0 bridgehead atoms. The fourth-order valence-electron chi connectivity index (χ4n) is 1.00. The Morgan fingerprint density at radius 2 is 2.21 bits per heavy atom. The average Bonchev–Trinajstić information content (AvgIpc) is 2.19. The highest BCUT2D eigenvalue weighted by Crippen LogP contribution is 2.20. The van der Waals surface area contributed by atoms with Crippen molar-refractivity contribution in [3.8, 4) is 12.3 Å². The van der Waals surface area contributed by atoms with Crippen molar-refractivity contribution in [2.45, 2.75) is 19.5 Å². The zero-order valence-electron chi connectivity index (χ0n) is 7.85. The number of rotatable bonds is 3. The van der Waals surface area contributed by atoms with Gasteiger partial charge in [-0.25, -0.2) is 0 Å². The van der Waals surface area contributed by atoms with E-state index in [0.29, 0.717) is 16.6 Å². The molecule has 0 amide bonds. The first-order valence-corrected chi connectivity index (χ1v) is 5.02. The molecule has 1 atom stereocenters. The van der Waals surface area contributed by atoms with Gasteiger partial charge in [0.15, 0.2) is 0 Å². The molecule has 74 valence electrons. The van der Waals surface area contributed by atoms with Crippen LogP contribution in [-0.2, 0) is 6.54 Å². The van der Waals surface area contributed by atoms with E-state index in [-0.39, 0.29) is 6.04 Å². The third-order valence-corrected chi connectivity index (χ3v) is 2.46. The van der Waals surface area contributed by atoms with Crippen LogP contribution >= 0.6 is 23.2 Å². The third kappa shape index (κ3) is 3.23. The van der Waals surface area contributed by atoms with Crippen molar-refractivity contribution in [2.75, 3.05) is 0 Å². The maximum atomic E-state index is 5.97. The van der Waals surface area contributed by atoms with Crippen LogP contribution < -0.4 is 5.32 Å². The Kier molecular flexibility index (Phi) is 4.28. The standard InChI is InChI=1S/C11H11Cl2N/c1-3-8(2)14-7-9-6-10(12)4-5-11(9)13/h1,4-6,8,14H,7H2,2H3. The highest BCUT2D eigenvalue weighted by Gasteiger charge is 2.02. The number of terminal acetylenes is 1. The molecule has 0 saturated carbocycles. The number of hydrogen-bond donors (Lipinski definition) is 1. The topological polar surface area (TPSA) is 12.0 Å². The molecule has 0 spiro atoms. The lowest BCUT2D eigenvalue weighted by molar-refractivity contribution is 0.648. The van der Waals surface area contributed by atoms with E-state index in [2.05, 4.69) is 11.2 Å². The predicted molar refractivity (Wildman–Crippen MR) is 61.6 cm³/mol. The molecule has 0 saturated heterocycles. The van der Waals surface area contributed by atoms with Crippen molar-refractivity contribution in [1.82, 2.24) is 5.32 Å². The molecule has 1 nitrogen and oxygen atoms in total. The summed E-state index contributed by atoms with van der Waals surface area (Å²) in [5.41, 5.74) is 0.960. The van der Waals surface area contributed by atoms with Crippen LogP contribution in [0, 0.1) is 12.3 Å². The van der Waals surface area contributed by atoms with Crippen LogP contribution in [0.4, 0.5) is 0 Å². The minimum atomic E-state index is 0.0325. The average molecular weight is 228 g/mol. The highest BCUT2D eigenvalue weighted by atomic mass is 35.5. The monoisotopic (exact) mass is 227 g/mol. The Bertz CT molecular complexity index is 355. The zero-order valence-corrected chi connectivity index (χ0v) is 9.36. The number of hydrogen-bond acceptors (Lipinski definition) is 1. The number of nitrogens with one attached hydrogen (secondary N) is 1. The van der Waals surface area contributed by atoms with Gasteiger partial charge in [0.1, 0.15) is 0 Å². The molecule has 1 N–H and O–H groups in total.